The third kappa shape index (κ3) is 4.28. The molecule has 3 heterocycles. The fourth-order valence-electron chi connectivity index (χ4n) is 5.08. The number of carbonyl (C=O) groups is 1. The fraction of sp³-hybridized carbons (Fsp3) is 0.172. The second kappa shape index (κ2) is 9.28. The Hall–Kier alpha value is -4.33. The van der Waals surface area contributed by atoms with Crippen molar-refractivity contribution in [3.63, 3.8) is 0 Å². The van der Waals surface area contributed by atoms with Crippen molar-refractivity contribution in [3.05, 3.63) is 96.1 Å². The van der Waals surface area contributed by atoms with Crippen molar-refractivity contribution in [2.24, 2.45) is 0 Å². The number of benzene rings is 3. The first-order valence-electron chi connectivity index (χ1n) is 11.8. The van der Waals surface area contributed by atoms with Gasteiger partial charge in [0.05, 0.1) is 0 Å². The molecule has 0 radical (unpaired) electrons. The number of likely N-dealkylation sites (tertiary alicyclic amines) is 1. The van der Waals surface area contributed by atoms with E-state index >= 15 is 0 Å². The van der Waals surface area contributed by atoms with E-state index < -0.39 is 6.61 Å². The molecule has 0 aliphatic carbocycles. The number of fused-ring (bicyclic) bond motifs is 3. The zero-order valence-corrected chi connectivity index (χ0v) is 19.5. The molecule has 186 valence electrons. The topological polar surface area (TPSA) is 55.6 Å². The molecule has 1 unspecified atom stereocenters. The van der Waals surface area contributed by atoms with Gasteiger partial charge in [0.15, 0.2) is 11.3 Å². The number of rotatable bonds is 6. The van der Waals surface area contributed by atoms with Crippen molar-refractivity contribution < 1.29 is 27.1 Å². The monoisotopic (exact) mass is 502 g/mol. The van der Waals surface area contributed by atoms with E-state index in [-0.39, 0.29) is 41.9 Å². The Morgan fingerprint density at radius 3 is 2.68 bits per heavy atom. The second-order valence-electron chi connectivity index (χ2n) is 9.06. The highest BCUT2D eigenvalue weighted by atomic mass is 19.3. The maximum absolute atomic E-state index is 15.0. The van der Waals surface area contributed by atoms with Gasteiger partial charge in [0.1, 0.15) is 11.4 Å². The third-order valence-corrected chi connectivity index (χ3v) is 6.81. The standard InChI is InChI=1S/C29H21F3N2O3/c30-23-12-18(17-4-2-1-3-5-17)6-7-19(23)15-34-16-20(13-26(34)35)21-8-9-25(37-29(31)32)28-27(21)22-14-33-11-10-24(22)36-28/h1-12,14,20,29H,13,15-16H2. The molecule has 2 aromatic heterocycles. The highest BCUT2D eigenvalue weighted by molar-refractivity contribution is 6.08. The van der Waals surface area contributed by atoms with Crippen LogP contribution in [-0.2, 0) is 11.3 Å². The lowest BCUT2D eigenvalue weighted by atomic mass is 9.93. The molecule has 0 bridgehead atoms. The average molecular weight is 502 g/mol. The first-order valence-corrected chi connectivity index (χ1v) is 11.8. The maximum Gasteiger partial charge on any atom is 0.387 e. The molecule has 1 atom stereocenters. The van der Waals surface area contributed by atoms with Crippen LogP contribution in [0, 0.1) is 5.82 Å². The zero-order valence-electron chi connectivity index (χ0n) is 19.5. The molecule has 6 rings (SSSR count). The Bertz CT molecular complexity index is 1620. The van der Waals surface area contributed by atoms with E-state index in [2.05, 4.69) is 9.72 Å². The normalized spacial score (nSPS) is 15.8. The number of carbonyl (C=O) groups excluding carboxylic acids is 1. The van der Waals surface area contributed by atoms with E-state index in [1.165, 1.54) is 12.1 Å². The first-order chi connectivity index (χ1) is 18.0. The Balaban J connectivity index is 1.30. The number of amides is 1. The molecular formula is C29H21F3N2O3. The van der Waals surface area contributed by atoms with Crippen molar-refractivity contribution in [3.8, 4) is 16.9 Å². The number of pyridine rings is 1. The molecule has 1 fully saturated rings. The van der Waals surface area contributed by atoms with Crippen LogP contribution in [0.15, 0.2) is 83.5 Å². The van der Waals surface area contributed by atoms with Crippen LogP contribution >= 0.6 is 0 Å². The summed E-state index contributed by atoms with van der Waals surface area (Å²) >= 11 is 0. The summed E-state index contributed by atoms with van der Waals surface area (Å²) in [6, 6.07) is 19.3. The lowest BCUT2D eigenvalue weighted by molar-refractivity contribution is -0.128. The van der Waals surface area contributed by atoms with E-state index in [1.54, 1.807) is 35.5 Å². The summed E-state index contributed by atoms with van der Waals surface area (Å²) in [5.41, 5.74) is 3.56. The number of aromatic nitrogens is 1. The van der Waals surface area contributed by atoms with E-state index in [9.17, 15) is 18.0 Å². The molecule has 1 amide bonds. The smallest absolute Gasteiger partial charge is 0.387 e. The Kier molecular flexibility index (Phi) is 5.79. The van der Waals surface area contributed by atoms with Crippen molar-refractivity contribution in [2.45, 2.75) is 25.5 Å². The van der Waals surface area contributed by atoms with Crippen LogP contribution in [0.4, 0.5) is 13.2 Å². The summed E-state index contributed by atoms with van der Waals surface area (Å²) in [7, 11) is 0. The van der Waals surface area contributed by atoms with E-state index in [0.29, 0.717) is 28.5 Å². The van der Waals surface area contributed by atoms with Crippen LogP contribution in [0.5, 0.6) is 5.75 Å². The zero-order chi connectivity index (χ0) is 25.5. The van der Waals surface area contributed by atoms with Crippen molar-refractivity contribution in [1.29, 1.82) is 0 Å². The number of nitrogens with zero attached hydrogens (tertiary/aromatic N) is 2. The van der Waals surface area contributed by atoms with Crippen molar-refractivity contribution in [2.75, 3.05) is 6.54 Å². The molecule has 37 heavy (non-hydrogen) atoms. The molecule has 1 saturated heterocycles. The highest BCUT2D eigenvalue weighted by Crippen LogP contribution is 2.42. The molecule has 1 aliphatic heterocycles. The molecule has 5 aromatic rings. The van der Waals surface area contributed by atoms with Gasteiger partial charge in [0.2, 0.25) is 5.91 Å². The molecule has 5 nitrogen and oxygen atoms in total. The minimum atomic E-state index is -3.01. The number of hydrogen-bond donors (Lipinski definition) is 0. The van der Waals surface area contributed by atoms with Crippen LogP contribution in [0.1, 0.15) is 23.5 Å². The van der Waals surface area contributed by atoms with Gasteiger partial charge in [-0.2, -0.15) is 8.78 Å². The molecule has 8 heteroatoms. The van der Waals surface area contributed by atoms with E-state index in [4.69, 9.17) is 4.42 Å². The van der Waals surface area contributed by atoms with Gasteiger partial charge >= 0.3 is 6.61 Å². The summed E-state index contributed by atoms with van der Waals surface area (Å²) in [6.45, 7) is -2.51. The van der Waals surface area contributed by atoms with Crippen LogP contribution in [0.25, 0.3) is 33.1 Å². The van der Waals surface area contributed by atoms with Crippen LogP contribution in [0.2, 0.25) is 0 Å². The van der Waals surface area contributed by atoms with Gasteiger partial charge in [-0.1, -0.05) is 48.5 Å². The molecule has 1 aliphatic rings. The highest BCUT2D eigenvalue weighted by Gasteiger charge is 2.33. The number of furan rings is 1. The van der Waals surface area contributed by atoms with Gasteiger partial charge in [-0.15, -0.1) is 0 Å². The Morgan fingerprint density at radius 1 is 1.05 bits per heavy atom. The van der Waals surface area contributed by atoms with Crippen molar-refractivity contribution in [1.82, 2.24) is 9.88 Å². The van der Waals surface area contributed by atoms with Gasteiger partial charge < -0.3 is 14.1 Å². The van der Waals surface area contributed by atoms with Gasteiger partial charge in [0, 0.05) is 54.2 Å². The number of halogens is 3. The van der Waals surface area contributed by atoms with Gasteiger partial charge in [0.25, 0.3) is 0 Å². The summed E-state index contributed by atoms with van der Waals surface area (Å²) in [6.07, 6.45) is 3.37. The van der Waals surface area contributed by atoms with Gasteiger partial charge in [-0.25, -0.2) is 4.39 Å². The minimum absolute atomic E-state index is 0.0771. The predicted octanol–water partition coefficient (Wildman–Crippen LogP) is 6.90. The first kappa shape index (κ1) is 23.1. The van der Waals surface area contributed by atoms with Gasteiger partial charge in [-0.05, 0) is 34.9 Å². The molecular weight excluding hydrogens is 481 g/mol. The largest absolute Gasteiger partial charge is 0.452 e. The molecule has 0 N–H and O–H groups in total. The predicted molar refractivity (Wildman–Crippen MR) is 133 cm³/mol. The third-order valence-electron chi connectivity index (χ3n) is 6.81. The SMILES string of the molecule is O=C1CC(c2ccc(OC(F)F)c3oc4ccncc4c23)CN1Cc1ccc(-c2ccccc2)cc1F. The summed E-state index contributed by atoms with van der Waals surface area (Å²) in [5, 5.41) is 1.25. The fourth-order valence-corrected chi connectivity index (χ4v) is 5.08. The summed E-state index contributed by atoms with van der Waals surface area (Å²) in [5.74, 6) is -0.793. The molecule has 0 spiro atoms. The molecule has 0 saturated carbocycles. The quantitative estimate of drug-likeness (QED) is 0.253. The van der Waals surface area contributed by atoms with Crippen LogP contribution < -0.4 is 4.74 Å². The lowest BCUT2D eigenvalue weighted by Crippen LogP contribution is -2.25. The number of hydrogen-bond acceptors (Lipinski definition) is 4. The van der Waals surface area contributed by atoms with Gasteiger partial charge in [-0.3, -0.25) is 9.78 Å². The number of ether oxygens (including phenoxy) is 1. The summed E-state index contributed by atoms with van der Waals surface area (Å²) < 4.78 is 51.6. The Morgan fingerprint density at radius 2 is 1.89 bits per heavy atom. The second-order valence-corrected chi connectivity index (χ2v) is 9.06. The van der Waals surface area contributed by atoms with Crippen LogP contribution in [0.3, 0.4) is 0 Å². The maximum atomic E-state index is 15.0. The van der Waals surface area contributed by atoms with Crippen molar-refractivity contribution >= 4 is 27.8 Å². The molecule has 3 aromatic carbocycles. The van der Waals surface area contributed by atoms with E-state index in [0.717, 1.165) is 16.7 Å². The summed E-state index contributed by atoms with van der Waals surface area (Å²) in [4.78, 5) is 18.7. The average Bonchev–Trinajstić information content (AvgIpc) is 3.47. The number of alkyl halides is 2. The van der Waals surface area contributed by atoms with E-state index in [1.807, 2.05) is 36.4 Å². The lowest BCUT2D eigenvalue weighted by Gasteiger charge is -2.18. The minimum Gasteiger partial charge on any atom is -0.452 e. The Labute approximate surface area is 210 Å². The van der Waals surface area contributed by atoms with Crippen LogP contribution in [-0.4, -0.2) is 28.9 Å².